The average molecular weight is 235 g/mol. The highest BCUT2D eigenvalue weighted by molar-refractivity contribution is 7.90. The number of aliphatic hydroxyl groups excluding tert-OH is 1. The molecular formula is C10H21NO3S. The largest absolute Gasteiger partial charge is 0.392 e. The van der Waals surface area contributed by atoms with Crippen molar-refractivity contribution in [2.24, 2.45) is 0 Å². The van der Waals surface area contributed by atoms with Crippen LogP contribution in [0, 0.1) is 0 Å². The molecule has 0 aromatic heterocycles. The van der Waals surface area contributed by atoms with E-state index in [0.717, 1.165) is 25.7 Å². The van der Waals surface area contributed by atoms with Gasteiger partial charge in [-0.2, -0.15) is 0 Å². The first-order valence-corrected chi connectivity index (χ1v) is 7.64. The molecule has 0 aromatic carbocycles. The molecule has 15 heavy (non-hydrogen) atoms. The summed E-state index contributed by atoms with van der Waals surface area (Å²) in [5, 5.41) is 12.9. The first-order valence-electron chi connectivity index (χ1n) is 5.58. The molecule has 2 unspecified atom stereocenters. The number of rotatable bonds is 5. The van der Waals surface area contributed by atoms with Gasteiger partial charge in [0.05, 0.1) is 11.9 Å². The SMILES string of the molecule is CS(=O)(=O)CCCNC1CCCCC1O. The van der Waals surface area contributed by atoms with Crippen molar-refractivity contribution < 1.29 is 13.5 Å². The molecule has 1 aliphatic rings. The Morgan fingerprint density at radius 2 is 2.00 bits per heavy atom. The molecule has 2 atom stereocenters. The fraction of sp³-hybridized carbons (Fsp3) is 1.00. The van der Waals surface area contributed by atoms with E-state index in [1.807, 2.05) is 0 Å². The van der Waals surface area contributed by atoms with Gasteiger partial charge in [-0.15, -0.1) is 0 Å². The van der Waals surface area contributed by atoms with Crippen LogP contribution in [-0.2, 0) is 9.84 Å². The minimum Gasteiger partial charge on any atom is -0.392 e. The zero-order valence-corrected chi connectivity index (χ0v) is 10.1. The summed E-state index contributed by atoms with van der Waals surface area (Å²) in [6.45, 7) is 0.675. The van der Waals surface area contributed by atoms with Crippen molar-refractivity contribution in [1.82, 2.24) is 5.32 Å². The minimum absolute atomic E-state index is 0.165. The van der Waals surface area contributed by atoms with Crippen LogP contribution in [0.15, 0.2) is 0 Å². The highest BCUT2D eigenvalue weighted by atomic mass is 32.2. The van der Waals surface area contributed by atoms with Crippen molar-refractivity contribution in [2.75, 3.05) is 18.6 Å². The summed E-state index contributed by atoms with van der Waals surface area (Å²) >= 11 is 0. The van der Waals surface area contributed by atoms with Crippen LogP contribution in [0.4, 0.5) is 0 Å². The first kappa shape index (κ1) is 12.9. The van der Waals surface area contributed by atoms with Gasteiger partial charge in [-0.25, -0.2) is 8.42 Å². The lowest BCUT2D eigenvalue weighted by atomic mass is 9.92. The van der Waals surface area contributed by atoms with Gasteiger partial charge in [0.15, 0.2) is 0 Å². The third kappa shape index (κ3) is 5.49. The first-order chi connectivity index (χ1) is 6.99. The standard InChI is InChI=1S/C10H21NO3S/c1-15(13,14)8-4-7-11-9-5-2-3-6-10(9)12/h9-12H,2-8H2,1H3. The topological polar surface area (TPSA) is 66.4 Å². The maximum Gasteiger partial charge on any atom is 0.147 e. The van der Waals surface area contributed by atoms with E-state index < -0.39 is 9.84 Å². The molecule has 1 rings (SSSR count). The van der Waals surface area contributed by atoms with E-state index in [2.05, 4.69) is 5.32 Å². The number of sulfone groups is 1. The van der Waals surface area contributed by atoms with Gasteiger partial charge in [-0.3, -0.25) is 0 Å². The Morgan fingerprint density at radius 3 is 2.60 bits per heavy atom. The second kappa shape index (κ2) is 5.82. The number of aliphatic hydroxyl groups is 1. The smallest absolute Gasteiger partial charge is 0.147 e. The predicted molar refractivity (Wildman–Crippen MR) is 60.6 cm³/mol. The second-order valence-corrected chi connectivity index (χ2v) is 6.66. The summed E-state index contributed by atoms with van der Waals surface area (Å²) in [6, 6.07) is 0.165. The van der Waals surface area contributed by atoms with E-state index in [0.29, 0.717) is 13.0 Å². The quantitative estimate of drug-likeness (QED) is 0.673. The Morgan fingerprint density at radius 1 is 1.33 bits per heavy atom. The van der Waals surface area contributed by atoms with Gasteiger partial charge in [-0.05, 0) is 25.8 Å². The van der Waals surface area contributed by atoms with E-state index in [-0.39, 0.29) is 17.9 Å². The van der Waals surface area contributed by atoms with Crippen LogP contribution in [-0.4, -0.2) is 44.2 Å². The van der Waals surface area contributed by atoms with Crippen molar-refractivity contribution in [3.8, 4) is 0 Å². The van der Waals surface area contributed by atoms with Crippen LogP contribution in [0.5, 0.6) is 0 Å². The summed E-state index contributed by atoms with van der Waals surface area (Å²) < 4.78 is 21.7. The molecule has 90 valence electrons. The Labute approximate surface area is 92.0 Å². The molecule has 2 N–H and O–H groups in total. The van der Waals surface area contributed by atoms with Crippen LogP contribution < -0.4 is 5.32 Å². The zero-order chi connectivity index (χ0) is 11.3. The Balaban J connectivity index is 2.14. The fourth-order valence-electron chi connectivity index (χ4n) is 1.97. The van der Waals surface area contributed by atoms with Crippen LogP contribution in [0.3, 0.4) is 0 Å². The lowest BCUT2D eigenvalue weighted by Crippen LogP contribution is -2.42. The van der Waals surface area contributed by atoms with Gasteiger partial charge in [0.1, 0.15) is 9.84 Å². The molecule has 4 nitrogen and oxygen atoms in total. The van der Waals surface area contributed by atoms with Crippen LogP contribution >= 0.6 is 0 Å². The molecule has 0 radical (unpaired) electrons. The molecule has 1 fully saturated rings. The molecule has 0 amide bonds. The highest BCUT2D eigenvalue weighted by Crippen LogP contribution is 2.18. The van der Waals surface area contributed by atoms with Gasteiger partial charge in [0.25, 0.3) is 0 Å². The molecular weight excluding hydrogens is 214 g/mol. The van der Waals surface area contributed by atoms with Crippen LogP contribution in [0.2, 0.25) is 0 Å². The van der Waals surface area contributed by atoms with E-state index in [9.17, 15) is 13.5 Å². The van der Waals surface area contributed by atoms with Gasteiger partial charge in [0, 0.05) is 12.3 Å². The minimum atomic E-state index is -2.84. The van der Waals surface area contributed by atoms with Gasteiger partial charge in [-0.1, -0.05) is 12.8 Å². The summed E-state index contributed by atoms with van der Waals surface area (Å²) in [7, 11) is -2.84. The van der Waals surface area contributed by atoms with Crippen LogP contribution in [0.25, 0.3) is 0 Å². The Kier molecular flexibility index (Phi) is 5.02. The van der Waals surface area contributed by atoms with Crippen molar-refractivity contribution in [1.29, 1.82) is 0 Å². The fourth-order valence-corrected chi connectivity index (χ4v) is 2.64. The molecule has 1 saturated carbocycles. The lowest BCUT2D eigenvalue weighted by molar-refractivity contribution is 0.0913. The number of nitrogens with one attached hydrogen (secondary N) is 1. The van der Waals surface area contributed by atoms with Crippen LogP contribution in [0.1, 0.15) is 32.1 Å². The van der Waals surface area contributed by atoms with Crippen molar-refractivity contribution >= 4 is 9.84 Å². The summed E-state index contributed by atoms with van der Waals surface area (Å²) in [4.78, 5) is 0. The third-order valence-electron chi connectivity index (χ3n) is 2.83. The van der Waals surface area contributed by atoms with E-state index in [4.69, 9.17) is 0 Å². The Bertz CT molecular complexity index is 276. The summed E-state index contributed by atoms with van der Waals surface area (Å²) in [5.74, 6) is 0.225. The predicted octanol–water partition coefficient (Wildman–Crippen LogP) is 0.314. The highest BCUT2D eigenvalue weighted by Gasteiger charge is 2.21. The molecule has 1 aliphatic carbocycles. The summed E-state index contributed by atoms with van der Waals surface area (Å²) in [5.41, 5.74) is 0. The average Bonchev–Trinajstić information content (AvgIpc) is 2.13. The molecule has 0 bridgehead atoms. The maximum absolute atomic E-state index is 10.9. The zero-order valence-electron chi connectivity index (χ0n) is 9.28. The van der Waals surface area contributed by atoms with Crippen molar-refractivity contribution in [3.63, 3.8) is 0 Å². The Hall–Kier alpha value is -0.130. The van der Waals surface area contributed by atoms with E-state index in [1.165, 1.54) is 6.26 Å². The second-order valence-electron chi connectivity index (χ2n) is 4.40. The molecule has 0 aliphatic heterocycles. The van der Waals surface area contributed by atoms with E-state index >= 15 is 0 Å². The molecule has 0 heterocycles. The molecule has 0 spiro atoms. The lowest BCUT2D eigenvalue weighted by Gasteiger charge is -2.28. The summed E-state index contributed by atoms with van der Waals surface area (Å²) in [6.07, 6.45) is 5.75. The van der Waals surface area contributed by atoms with Gasteiger partial charge >= 0.3 is 0 Å². The third-order valence-corrected chi connectivity index (χ3v) is 3.86. The molecule has 0 saturated heterocycles. The number of hydrogen-bond acceptors (Lipinski definition) is 4. The normalized spacial score (nSPS) is 27.9. The molecule has 0 aromatic rings. The molecule has 5 heteroatoms. The monoisotopic (exact) mass is 235 g/mol. The van der Waals surface area contributed by atoms with Gasteiger partial charge < -0.3 is 10.4 Å². The van der Waals surface area contributed by atoms with E-state index in [1.54, 1.807) is 0 Å². The van der Waals surface area contributed by atoms with Crippen molar-refractivity contribution in [3.05, 3.63) is 0 Å². The number of hydrogen-bond donors (Lipinski definition) is 2. The van der Waals surface area contributed by atoms with Gasteiger partial charge in [0.2, 0.25) is 0 Å². The maximum atomic E-state index is 10.9. The van der Waals surface area contributed by atoms with Crippen molar-refractivity contribution in [2.45, 2.75) is 44.2 Å².